The van der Waals surface area contributed by atoms with Gasteiger partial charge in [-0.3, -0.25) is 9.78 Å². The van der Waals surface area contributed by atoms with E-state index < -0.39 is 0 Å². The first kappa shape index (κ1) is 17.3. The molecule has 2 aromatic heterocycles. The van der Waals surface area contributed by atoms with Crippen LogP contribution in [0.4, 0.5) is 0 Å². The second kappa shape index (κ2) is 7.25. The van der Waals surface area contributed by atoms with Gasteiger partial charge in [-0.25, -0.2) is 4.98 Å². The van der Waals surface area contributed by atoms with Crippen molar-refractivity contribution in [1.29, 1.82) is 0 Å². The molecule has 0 radical (unpaired) electrons. The van der Waals surface area contributed by atoms with Crippen molar-refractivity contribution in [2.75, 3.05) is 6.54 Å². The highest BCUT2D eigenvalue weighted by Crippen LogP contribution is 2.50. The molecule has 7 heteroatoms. The lowest BCUT2D eigenvalue weighted by Crippen LogP contribution is -2.26. The SMILES string of the molecule is O=C(CCc1nc2ccncc2[nH]1)NC[C@@H]1C[C@H]1c1cccc(Cl)c1Cl. The van der Waals surface area contributed by atoms with E-state index in [-0.39, 0.29) is 5.91 Å². The Morgan fingerprint density at radius 2 is 2.19 bits per heavy atom. The molecule has 1 aliphatic rings. The molecule has 134 valence electrons. The second-order valence-corrected chi connectivity index (χ2v) is 7.41. The van der Waals surface area contributed by atoms with E-state index in [1.165, 1.54) is 0 Å². The van der Waals surface area contributed by atoms with Gasteiger partial charge in [0.1, 0.15) is 5.82 Å². The zero-order valence-corrected chi connectivity index (χ0v) is 15.5. The van der Waals surface area contributed by atoms with Crippen LogP contribution in [0.2, 0.25) is 10.0 Å². The molecule has 2 atom stereocenters. The Balaban J connectivity index is 1.25. The smallest absolute Gasteiger partial charge is 0.220 e. The van der Waals surface area contributed by atoms with Crippen molar-refractivity contribution in [3.63, 3.8) is 0 Å². The Bertz CT molecular complexity index is 923. The average molecular weight is 389 g/mol. The summed E-state index contributed by atoms with van der Waals surface area (Å²) in [7, 11) is 0. The van der Waals surface area contributed by atoms with Crippen molar-refractivity contribution in [2.24, 2.45) is 5.92 Å². The third-order valence-corrected chi connectivity index (χ3v) is 5.62. The normalized spacial score (nSPS) is 18.8. The fourth-order valence-corrected chi connectivity index (χ4v) is 3.70. The molecule has 0 unspecified atom stereocenters. The van der Waals surface area contributed by atoms with Gasteiger partial charge in [-0.15, -0.1) is 0 Å². The van der Waals surface area contributed by atoms with Gasteiger partial charge >= 0.3 is 0 Å². The molecule has 1 fully saturated rings. The lowest BCUT2D eigenvalue weighted by molar-refractivity contribution is -0.121. The van der Waals surface area contributed by atoms with Gasteiger partial charge in [0.15, 0.2) is 0 Å². The minimum absolute atomic E-state index is 0.0337. The van der Waals surface area contributed by atoms with Crippen molar-refractivity contribution >= 4 is 40.1 Å². The summed E-state index contributed by atoms with van der Waals surface area (Å²) in [6, 6.07) is 7.57. The zero-order chi connectivity index (χ0) is 18.1. The Kier molecular flexibility index (Phi) is 4.83. The molecule has 4 rings (SSSR count). The number of carbonyl (C=O) groups excluding carboxylic acids is 1. The number of carbonyl (C=O) groups is 1. The monoisotopic (exact) mass is 388 g/mol. The molecule has 0 spiro atoms. The van der Waals surface area contributed by atoms with E-state index in [2.05, 4.69) is 20.3 Å². The average Bonchev–Trinajstić information content (AvgIpc) is 3.29. The Hall–Kier alpha value is -2.11. The number of hydrogen-bond donors (Lipinski definition) is 2. The molecule has 1 aliphatic carbocycles. The highest BCUT2D eigenvalue weighted by Gasteiger charge is 2.39. The van der Waals surface area contributed by atoms with Crippen molar-refractivity contribution in [2.45, 2.75) is 25.2 Å². The highest BCUT2D eigenvalue weighted by atomic mass is 35.5. The van der Waals surface area contributed by atoms with Crippen LogP contribution < -0.4 is 5.32 Å². The van der Waals surface area contributed by atoms with E-state index in [4.69, 9.17) is 23.2 Å². The number of benzene rings is 1. The lowest BCUT2D eigenvalue weighted by Gasteiger charge is -2.06. The number of nitrogens with one attached hydrogen (secondary N) is 2. The Labute approximate surface area is 161 Å². The van der Waals surface area contributed by atoms with Gasteiger partial charge in [-0.05, 0) is 36.0 Å². The topological polar surface area (TPSA) is 70.7 Å². The number of fused-ring (bicyclic) bond motifs is 1. The number of H-pyrrole nitrogens is 1. The predicted molar refractivity (Wildman–Crippen MR) is 103 cm³/mol. The summed E-state index contributed by atoms with van der Waals surface area (Å²) in [4.78, 5) is 23.8. The summed E-state index contributed by atoms with van der Waals surface area (Å²) in [5, 5.41) is 4.23. The van der Waals surface area contributed by atoms with E-state index in [0.29, 0.717) is 41.3 Å². The van der Waals surface area contributed by atoms with Crippen molar-refractivity contribution in [3.8, 4) is 0 Å². The van der Waals surface area contributed by atoms with Gasteiger partial charge in [0, 0.05) is 25.6 Å². The van der Waals surface area contributed by atoms with Gasteiger partial charge in [0.2, 0.25) is 5.91 Å². The summed E-state index contributed by atoms with van der Waals surface area (Å²) in [6.45, 7) is 0.663. The molecule has 0 saturated heterocycles. The predicted octanol–water partition coefficient (Wildman–Crippen LogP) is 4.12. The standard InChI is InChI=1S/C19H18Cl2N4O/c20-14-3-1-2-12(19(14)21)13-8-11(13)9-23-18(26)5-4-17-24-15-6-7-22-10-16(15)25-17/h1-3,6-7,10-11,13H,4-5,8-9H2,(H,23,26)(H,24,25)/t11-,13+/m0/s1. The minimum atomic E-state index is 0.0337. The van der Waals surface area contributed by atoms with E-state index in [0.717, 1.165) is 28.8 Å². The largest absolute Gasteiger partial charge is 0.356 e. The first-order chi connectivity index (χ1) is 12.6. The van der Waals surface area contributed by atoms with Gasteiger partial charge in [-0.1, -0.05) is 35.3 Å². The lowest BCUT2D eigenvalue weighted by atomic mass is 10.1. The number of nitrogens with zero attached hydrogens (tertiary/aromatic N) is 2. The van der Waals surface area contributed by atoms with Crippen LogP contribution in [0.25, 0.3) is 11.0 Å². The van der Waals surface area contributed by atoms with E-state index in [1.807, 2.05) is 18.2 Å². The van der Waals surface area contributed by atoms with Crippen molar-refractivity contribution in [3.05, 3.63) is 58.1 Å². The summed E-state index contributed by atoms with van der Waals surface area (Å²) < 4.78 is 0. The number of amides is 1. The van der Waals surface area contributed by atoms with Crippen LogP contribution in [-0.4, -0.2) is 27.4 Å². The van der Waals surface area contributed by atoms with Crippen LogP contribution in [0.15, 0.2) is 36.7 Å². The fourth-order valence-electron chi connectivity index (χ4n) is 3.25. The maximum absolute atomic E-state index is 12.1. The summed E-state index contributed by atoms with van der Waals surface area (Å²) in [6.07, 6.45) is 5.45. The van der Waals surface area contributed by atoms with Crippen LogP contribution in [0.5, 0.6) is 0 Å². The maximum Gasteiger partial charge on any atom is 0.220 e. The van der Waals surface area contributed by atoms with E-state index in [9.17, 15) is 4.79 Å². The van der Waals surface area contributed by atoms with Crippen LogP contribution in [-0.2, 0) is 11.2 Å². The number of aromatic amines is 1. The van der Waals surface area contributed by atoms with E-state index in [1.54, 1.807) is 18.5 Å². The van der Waals surface area contributed by atoms with Gasteiger partial charge in [-0.2, -0.15) is 0 Å². The van der Waals surface area contributed by atoms with Crippen LogP contribution >= 0.6 is 23.2 Å². The van der Waals surface area contributed by atoms with Crippen molar-refractivity contribution in [1.82, 2.24) is 20.3 Å². The quantitative estimate of drug-likeness (QED) is 0.666. The molecular weight excluding hydrogens is 371 g/mol. The second-order valence-electron chi connectivity index (χ2n) is 6.63. The third-order valence-electron chi connectivity index (χ3n) is 4.79. The molecular formula is C19H18Cl2N4O. The zero-order valence-electron chi connectivity index (χ0n) is 14.0. The Morgan fingerprint density at radius 1 is 1.31 bits per heavy atom. The van der Waals surface area contributed by atoms with Gasteiger partial charge in [0.05, 0.1) is 27.3 Å². The van der Waals surface area contributed by atoms with Crippen molar-refractivity contribution < 1.29 is 4.79 Å². The number of imidazole rings is 1. The van der Waals surface area contributed by atoms with Crippen LogP contribution in [0.3, 0.4) is 0 Å². The molecule has 5 nitrogen and oxygen atoms in total. The number of pyridine rings is 1. The van der Waals surface area contributed by atoms with Crippen LogP contribution in [0, 0.1) is 5.92 Å². The molecule has 26 heavy (non-hydrogen) atoms. The molecule has 1 aromatic carbocycles. The Morgan fingerprint density at radius 3 is 3.04 bits per heavy atom. The maximum atomic E-state index is 12.1. The molecule has 1 saturated carbocycles. The highest BCUT2D eigenvalue weighted by molar-refractivity contribution is 6.42. The third kappa shape index (κ3) is 3.69. The van der Waals surface area contributed by atoms with Gasteiger partial charge < -0.3 is 10.3 Å². The summed E-state index contributed by atoms with van der Waals surface area (Å²) in [5.74, 6) is 1.64. The number of rotatable bonds is 6. The van der Waals surface area contributed by atoms with E-state index >= 15 is 0 Å². The number of hydrogen-bond acceptors (Lipinski definition) is 3. The number of aromatic nitrogens is 3. The molecule has 2 heterocycles. The minimum Gasteiger partial charge on any atom is -0.356 e. The molecule has 0 bridgehead atoms. The molecule has 2 N–H and O–H groups in total. The first-order valence-electron chi connectivity index (χ1n) is 8.61. The first-order valence-corrected chi connectivity index (χ1v) is 9.36. The molecule has 1 amide bonds. The van der Waals surface area contributed by atoms with Crippen LogP contribution in [0.1, 0.15) is 30.1 Å². The summed E-state index contributed by atoms with van der Waals surface area (Å²) >= 11 is 12.3. The van der Waals surface area contributed by atoms with Gasteiger partial charge in [0.25, 0.3) is 0 Å². The molecule has 3 aromatic rings. The summed E-state index contributed by atoms with van der Waals surface area (Å²) in [5.41, 5.74) is 2.84. The number of halogens is 2. The molecule has 0 aliphatic heterocycles. The fraction of sp³-hybridized carbons (Fsp3) is 0.316. The number of aryl methyl sites for hydroxylation is 1.